The minimum absolute atomic E-state index is 0.0868. The number of amides is 1. The summed E-state index contributed by atoms with van der Waals surface area (Å²) < 4.78 is 29.7. The summed E-state index contributed by atoms with van der Waals surface area (Å²) in [6, 6.07) is 23.6. The van der Waals surface area contributed by atoms with E-state index in [0.29, 0.717) is 15.7 Å². The molecule has 4 aromatic rings. The van der Waals surface area contributed by atoms with Crippen molar-refractivity contribution in [1.82, 2.24) is 9.99 Å². The number of hydrogen-bond donors (Lipinski definition) is 1. The fraction of sp³-hybridized carbons (Fsp3) is 0.111. The van der Waals surface area contributed by atoms with Crippen LogP contribution in [0.1, 0.15) is 17.0 Å². The molecule has 1 amide bonds. The van der Waals surface area contributed by atoms with Crippen molar-refractivity contribution in [2.75, 3.05) is 10.8 Å². The highest BCUT2D eigenvalue weighted by Crippen LogP contribution is 2.26. The third kappa shape index (κ3) is 6.05. The minimum Gasteiger partial charge on any atom is -0.318 e. The largest absolute Gasteiger partial charge is 0.318 e. The highest BCUT2D eigenvalue weighted by atomic mass is 35.5. The van der Waals surface area contributed by atoms with Gasteiger partial charge in [0.2, 0.25) is 0 Å². The standard InChI is InChI=1S/C27H24Cl2N4O3S/c1-19-13-21(20(2)33(19)25-15-22(28)14-23(29)16-25)17-30-31-27(34)18-32(24-9-5-3-6-10-24)37(35,36)26-11-7-4-8-12-26/h3-17H,18H2,1-2H3,(H,31,34)/b30-17-. The van der Waals surface area contributed by atoms with Gasteiger partial charge in [-0.2, -0.15) is 5.10 Å². The van der Waals surface area contributed by atoms with E-state index in [1.807, 2.05) is 36.6 Å². The molecule has 0 spiro atoms. The fourth-order valence-electron chi connectivity index (χ4n) is 3.95. The molecule has 0 fully saturated rings. The van der Waals surface area contributed by atoms with Crippen molar-refractivity contribution in [1.29, 1.82) is 0 Å². The van der Waals surface area contributed by atoms with Crippen molar-refractivity contribution in [2.45, 2.75) is 18.7 Å². The Morgan fingerprint density at radius 2 is 1.54 bits per heavy atom. The van der Waals surface area contributed by atoms with Crippen molar-refractivity contribution in [2.24, 2.45) is 5.10 Å². The van der Waals surface area contributed by atoms with E-state index in [9.17, 15) is 13.2 Å². The van der Waals surface area contributed by atoms with Gasteiger partial charge in [0.25, 0.3) is 15.9 Å². The van der Waals surface area contributed by atoms with E-state index >= 15 is 0 Å². The normalized spacial score (nSPS) is 11.6. The Morgan fingerprint density at radius 3 is 2.16 bits per heavy atom. The van der Waals surface area contributed by atoms with Crippen LogP contribution in [-0.2, 0) is 14.8 Å². The van der Waals surface area contributed by atoms with Crippen LogP contribution < -0.4 is 9.73 Å². The zero-order valence-electron chi connectivity index (χ0n) is 20.1. The Balaban J connectivity index is 1.54. The molecule has 7 nitrogen and oxygen atoms in total. The molecule has 0 saturated heterocycles. The fourth-order valence-corrected chi connectivity index (χ4v) is 5.91. The molecule has 3 aromatic carbocycles. The molecule has 0 unspecified atom stereocenters. The number of nitrogens with one attached hydrogen (secondary N) is 1. The Bertz CT molecular complexity index is 1530. The summed E-state index contributed by atoms with van der Waals surface area (Å²) in [5.74, 6) is -0.588. The number of aromatic nitrogens is 1. The number of benzene rings is 3. The van der Waals surface area contributed by atoms with Crippen LogP contribution in [0.2, 0.25) is 10.0 Å². The number of rotatable bonds is 8. The molecule has 0 aliphatic heterocycles. The summed E-state index contributed by atoms with van der Waals surface area (Å²) in [5, 5.41) is 5.11. The molecular formula is C27H24Cl2N4O3S. The molecular weight excluding hydrogens is 531 g/mol. The van der Waals surface area contributed by atoms with Crippen LogP contribution in [0.4, 0.5) is 5.69 Å². The number of nitrogens with zero attached hydrogens (tertiary/aromatic N) is 3. The Morgan fingerprint density at radius 1 is 0.946 bits per heavy atom. The van der Waals surface area contributed by atoms with E-state index in [-0.39, 0.29) is 4.90 Å². The van der Waals surface area contributed by atoms with Gasteiger partial charge in [-0.1, -0.05) is 59.6 Å². The van der Waals surface area contributed by atoms with Gasteiger partial charge in [-0.3, -0.25) is 9.10 Å². The summed E-state index contributed by atoms with van der Waals surface area (Å²) in [6.45, 7) is 3.40. The molecule has 0 saturated carbocycles. The van der Waals surface area contributed by atoms with Crippen LogP contribution in [0.15, 0.2) is 94.9 Å². The van der Waals surface area contributed by atoms with Gasteiger partial charge in [0, 0.05) is 32.7 Å². The number of sulfonamides is 1. The molecule has 0 bridgehead atoms. The highest BCUT2D eigenvalue weighted by molar-refractivity contribution is 7.92. The molecule has 10 heteroatoms. The molecule has 0 aliphatic rings. The van der Waals surface area contributed by atoms with E-state index in [0.717, 1.165) is 26.9 Å². The SMILES string of the molecule is Cc1cc(/C=N\NC(=O)CN(c2ccccc2)S(=O)(=O)c2ccccc2)c(C)n1-c1cc(Cl)cc(Cl)c1. The molecule has 0 radical (unpaired) electrons. The Labute approximate surface area is 226 Å². The first-order chi connectivity index (χ1) is 17.7. The van der Waals surface area contributed by atoms with Crippen LogP contribution in [0.25, 0.3) is 5.69 Å². The van der Waals surface area contributed by atoms with E-state index in [1.165, 1.54) is 18.3 Å². The van der Waals surface area contributed by atoms with Crippen LogP contribution in [0.3, 0.4) is 0 Å². The van der Waals surface area contributed by atoms with Crippen LogP contribution in [-0.4, -0.2) is 31.7 Å². The summed E-state index contributed by atoms with van der Waals surface area (Å²) in [7, 11) is -3.98. The molecule has 1 N–H and O–H groups in total. The van der Waals surface area contributed by atoms with Gasteiger partial charge < -0.3 is 4.57 Å². The summed E-state index contributed by atoms with van der Waals surface area (Å²) in [4.78, 5) is 12.9. The topological polar surface area (TPSA) is 83.8 Å². The van der Waals surface area contributed by atoms with Crippen molar-refractivity contribution in [3.63, 3.8) is 0 Å². The first-order valence-electron chi connectivity index (χ1n) is 11.3. The maximum atomic E-state index is 13.3. The van der Waals surface area contributed by atoms with Gasteiger partial charge in [0.1, 0.15) is 6.54 Å². The van der Waals surface area contributed by atoms with E-state index < -0.39 is 22.5 Å². The van der Waals surface area contributed by atoms with Crippen LogP contribution >= 0.6 is 23.2 Å². The number of carbonyl (C=O) groups excluding carboxylic acids is 1. The number of halogens is 2. The number of hydrogen-bond acceptors (Lipinski definition) is 4. The monoisotopic (exact) mass is 554 g/mol. The smallest absolute Gasteiger partial charge is 0.264 e. The predicted octanol–water partition coefficient (Wildman–Crippen LogP) is 5.75. The second-order valence-electron chi connectivity index (χ2n) is 8.24. The zero-order valence-corrected chi connectivity index (χ0v) is 22.4. The zero-order chi connectivity index (χ0) is 26.6. The minimum atomic E-state index is -3.98. The number of anilines is 1. The average Bonchev–Trinajstić information content (AvgIpc) is 3.15. The van der Waals surface area contributed by atoms with E-state index in [4.69, 9.17) is 23.2 Å². The molecule has 0 aliphatic carbocycles. The van der Waals surface area contributed by atoms with Crippen molar-refractivity contribution >= 4 is 51.0 Å². The van der Waals surface area contributed by atoms with Gasteiger partial charge >= 0.3 is 0 Å². The van der Waals surface area contributed by atoms with Gasteiger partial charge in [-0.05, 0) is 62.4 Å². The van der Waals surface area contributed by atoms with Crippen LogP contribution in [0, 0.1) is 13.8 Å². The maximum Gasteiger partial charge on any atom is 0.264 e. The Hall–Kier alpha value is -3.59. The van der Waals surface area contributed by atoms with Crippen molar-refractivity contribution in [3.8, 4) is 5.69 Å². The van der Waals surface area contributed by atoms with Gasteiger partial charge in [0.15, 0.2) is 0 Å². The molecule has 1 heterocycles. The lowest BCUT2D eigenvalue weighted by Gasteiger charge is -2.23. The number of carbonyl (C=O) groups is 1. The summed E-state index contributed by atoms with van der Waals surface area (Å²) in [5.41, 5.74) is 6.18. The molecule has 1 aromatic heterocycles. The average molecular weight is 555 g/mol. The number of aryl methyl sites for hydroxylation is 1. The first kappa shape index (κ1) is 26.5. The van der Waals surface area contributed by atoms with E-state index in [1.54, 1.807) is 54.6 Å². The first-order valence-corrected chi connectivity index (χ1v) is 13.5. The van der Waals surface area contributed by atoms with Crippen molar-refractivity contribution in [3.05, 3.63) is 112 Å². The summed E-state index contributed by atoms with van der Waals surface area (Å²) >= 11 is 12.3. The lowest BCUT2D eigenvalue weighted by Crippen LogP contribution is -2.39. The third-order valence-electron chi connectivity index (χ3n) is 5.63. The molecule has 190 valence electrons. The molecule has 37 heavy (non-hydrogen) atoms. The Kier molecular flexibility index (Phi) is 8.02. The quantitative estimate of drug-likeness (QED) is 0.222. The third-order valence-corrected chi connectivity index (χ3v) is 7.86. The second-order valence-corrected chi connectivity index (χ2v) is 11.0. The van der Waals surface area contributed by atoms with Gasteiger partial charge in [0.05, 0.1) is 16.8 Å². The van der Waals surface area contributed by atoms with Gasteiger partial charge in [-0.25, -0.2) is 13.8 Å². The van der Waals surface area contributed by atoms with E-state index in [2.05, 4.69) is 10.5 Å². The predicted molar refractivity (Wildman–Crippen MR) is 148 cm³/mol. The summed E-state index contributed by atoms with van der Waals surface area (Å²) in [6.07, 6.45) is 1.52. The number of hydrazone groups is 1. The maximum absolute atomic E-state index is 13.3. The lowest BCUT2D eigenvalue weighted by atomic mass is 10.2. The van der Waals surface area contributed by atoms with Crippen molar-refractivity contribution < 1.29 is 13.2 Å². The number of para-hydroxylation sites is 1. The van der Waals surface area contributed by atoms with Crippen LogP contribution in [0.5, 0.6) is 0 Å². The highest BCUT2D eigenvalue weighted by Gasteiger charge is 2.26. The van der Waals surface area contributed by atoms with Gasteiger partial charge in [-0.15, -0.1) is 0 Å². The molecule has 0 atom stereocenters. The molecule has 4 rings (SSSR count). The lowest BCUT2D eigenvalue weighted by molar-refractivity contribution is -0.119. The second kappa shape index (κ2) is 11.2.